The zero-order chi connectivity index (χ0) is 17.0. The summed E-state index contributed by atoms with van der Waals surface area (Å²) in [6.45, 7) is 6.48. The summed E-state index contributed by atoms with van der Waals surface area (Å²) in [5.74, 6) is -0.166. The van der Waals surface area contributed by atoms with Crippen molar-refractivity contribution in [1.82, 2.24) is 0 Å². The third kappa shape index (κ3) is 3.97. The minimum atomic E-state index is -0.998. The number of rotatable bonds is 6. The quantitative estimate of drug-likeness (QED) is 0.823. The van der Waals surface area contributed by atoms with Gasteiger partial charge in [0.15, 0.2) is 5.78 Å². The molecule has 0 aliphatic heterocycles. The Hall–Kier alpha value is -2.62. The van der Waals surface area contributed by atoms with Crippen LogP contribution in [-0.2, 0) is 6.42 Å². The highest BCUT2D eigenvalue weighted by Gasteiger charge is 2.12. The van der Waals surface area contributed by atoms with Gasteiger partial charge in [0.1, 0.15) is 5.75 Å². The molecule has 0 fully saturated rings. The van der Waals surface area contributed by atoms with Gasteiger partial charge in [-0.3, -0.25) is 4.79 Å². The van der Waals surface area contributed by atoms with E-state index in [9.17, 15) is 9.59 Å². The summed E-state index contributed by atoms with van der Waals surface area (Å²) < 4.78 is 5.61. The first-order valence-electron chi connectivity index (χ1n) is 7.51. The minimum absolute atomic E-state index is 0.0371. The standard InChI is InChI=1S/C19H20O4/c1-4-23-18-12(2)9-14(10-13(18)3)11-17(20)15-5-7-16(8-6-15)19(21)22/h5-10H,4,11H2,1-3H3,(H,21,22). The highest BCUT2D eigenvalue weighted by Crippen LogP contribution is 2.25. The van der Waals surface area contributed by atoms with Crippen molar-refractivity contribution in [2.45, 2.75) is 27.2 Å². The Kier molecular flexibility index (Phi) is 5.16. The third-order valence-corrected chi connectivity index (χ3v) is 3.63. The maximum atomic E-state index is 12.3. The van der Waals surface area contributed by atoms with E-state index < -0.39 is 5.97 Å². The van der Waals surface area contributed by atoms with Gasteiger partial charge in [-0.15, -0.1) is 0 Å². The fraction of sp³-hybridized carbons (Fsp3) is 0.263. The highest BCUT2D eigenvalue weighted by atomic mass is 16.5. The van der Waals surface area contributed by atoms with Crippen LogP contribution in [0, 0.1) is 13.8 Å². The molecule has 120 valence electrons. The van der Waals surface area contributed by atoms with Gasteiger partial charge in [0.2, 0.25) is 0 Å². The number of carboxylic acids is 1. The van der Waals surface area contributed by atoms with E-state index in [2.05, 4.69) is 0 Å². The van der Waals surface area contributed by atoms with Crippen LogP contribution in [0.1, 0.15) is 44.3 Å². The van der Waals surface area contributed by atoms with E-state index in [0.717, 1.165) is 22.4 Å². The number of aryl methyl sites for hydroxylation is 2. The molecular weight excluding hydrogens is 292 g/mol. The van der Waals surface area contributed by atoms with Crippen LogP contribution in [0.5, 0.6) is 5.75 Å². The van der Waals surface area contributed by atoms with E-state index in [1.807, 2.05) is 32.9 Å². The van der Waals surface area contributed by atoms with Crippen molar-refractivity contribution in [3.8, 4) is 5.75 Å². The minimum Gasteiger partial charge on any atom is -0.493 e. The number of carbonyl (C=O) groups is 2. The van der Waals surface area contributed by atoms with Crippen LogP contribution in [0.25, 0.3) is 0 Å². The Morgan fingerprint density at radius 2 is 1.52 bits per heavy atom. The molecule has 0 unspecified atom stereocenters. The fourth-order valence-electron chi connectivity index (χ4n) is 2.60. The van der Waals surface area contributed by atoms with Crippen molar-refractivity contribution in [3.63, 3.8) is 0 Å². The zero-order valence-corrected chi connectivity index (χ0v) is 13.6. The highest BCUT2D eigenvalue weighted by molar-refractivity contribution is 5.98. The van der Waals surface area contributed by atoms with Crippen LogP contribution in [0.3, 0.4) is 0 Å². The van der Waals surface area contributed by atoms with E-state index in [1.165, 1.54) is 12.1 Å². The lowest BCUT2D eigenvalue weighted by Gasteiger charge is -2.12. The molecule has 1 N–H and O–H groups in total. The lowest BCUT2D eigenvalue weighted by atomic mass is 9.98. The molecule has 0 amide bonds. The second kappa shape index (κ2) is 7.09. The molecule has 0 aromatic heterocycles. The number of carboxylic acid groups (broad SMARTS) is 1. The zero-order valence-electron chi connectivity index (χ0n) is 13.6. The van der Waals surface area contributed by atoms with Crippen molar-refractivity contribution >= 4 is 11.8 Å². The van der Waals surface area contributed by atoms with Gasteiger partial charge in [0, 0.05) is 12.0 Å². The van der Waals surface area contributed by atoms with Gasteiger partial charge in [0.05, 0.1) is 12.2 Å². The molecule has 0 heterocycles. The lowest BCUT2D eigenvalue weighted by Crippen LogP contribution is -2.06. The first-order valence-corrected chi connectivity index (χ1v) is 7.51. The Balaban J connectivity index is 2.18. The Labute approximate surface area is 135 Å². The summed E-state index contributed by atoms with van der Waals surface area (Å²) in [5.41, 5.74) is 3.64. The van der Waals surface area contributed by atoms with Gasteiger partial charge in [-0.2, -0.15) is 0 Å². The number of aromatic carboxylic acids is 1. The van der Waals surface area contributed by atoms with E-state index in [0.29, 0.717) is 12.2 Å². The SMILES string of the molecule is CCOc1c(C)cc(CC(=O)c2ccc(C(=O)O)cc2)cc1C. The summed E-state index contributed by atoms with van der Waals surface area (Å²) in [7, 11) is 0. The first kappa shape index (κ1) is 16.7. The number of hydrogen-bond donors (Lipinski definition) is 1. The Morgan fingerprint density at radius 3 is 2.00 bits per heavy atom. The van der Waals surface area contributed by atoms with Crippen molar-refractivity contribution in [2.24, 2.45) is 0 Å². The van der Waals surface area contributed by atoms with Gasteiger partial charge in [0.25, 0.3) is 0 Å². The van der Waals surface area contributed by atoms with Gasteiger partial charge >= 0.3 is 5.97 Å². The van der Waals surface area contributed by atoms with Crippen molar-refractivity contribution in [3.05, 3.63) is 64.2 Å². The predicted octanol–water partition coefficient (Wildman–Crippen LogP) is 3.83. The number of carbonyl (C=O) groups excluding carboxylic acids is 1. The monoisotopic (exact) mass is 312 g/mol. The van der Waals surface area contributed by atoms with Crippen molar-refractivity contribution in [1.29, 1.82) is 0 Å². The molecule has 0 atom stereocenters. The van der Waals surface area contributed by atoms with Crippen LogP contribution < -0.4 is 4.74 Å². The molecule has 0 spiro atoms. The van der Waals surface area contributed by atoms with E-state index in [1.54, 1.807) is 12.1 Å². The maximum Gasteiger partial charge on any atom is 0.335 e. The second-order valence-electron chi connectivity index (χ2n) is 5.47. The molecule has 0 bridgehead atoms. The number of Topliss-reactive ketones (excluding diaryl/α,β-unsaturated/α-hetero) is 1. The van der Waals surface area contributed by atoms with Crippen molar-refractivity contribution < 1.29 is 19.4 Å². The van der Waals surface area contributed by atoms with E-state index in [4.69, 9.17) is 9.84 Å². The molecule has 0 saturated heterocycles. The molecule has 2 aromatic rings. The van der Waals surface area contributed by atoms with Crippen LogP contribution in [0.2, 0.25) is 0 Å². The van der Waals surface area contributed by atoms with Gasteiger partial charge < -0.3 is 9.84 Å². The average molecular weight is 312 g/mol. The third-order valence-electron chi connectivity index (χ3n) is 3.63. The second-order valence-corrected chi connectivity index (χ2v) is 5.47. The molecule has 0 aliphatic carbocycles. The molecular formula is C19H20O4. The maximum absolute atomic E-state index is 12.3. The molecule has 23 heavy (non-hydrogen) atoms. The molecule has 4 heteroatoms. The summed E-state index contributed by atoms with van der Waals surface area (Å²) in [4.78, 5) is 23.2. The molecule has 0 aliphatic rings. The van der Waals surface area contributed by atoms with Gasteiger partial charge in [-0.05, 0) is 49.6 Å². The molecule has 4 nitrogen and oxygen atoms in total. The largest absolute Gasteiger partial charge is 0.493 e. The normalized spacial score (nSPS) is 10.4. The van der Waals surface area contributed by atoms with Crippen LogP contribution in [0.4, 0.5) is 0 Å². The first-order chi connectivity index (χ1) is 10.9. The number of hydrogen-bond acceptors (Lipinski definition) is 3. The number of benzene rings is 2. The summed E-state index contributed by atoms with van der Waals surface area (Å²) in [6.07, 6.45) is 0.278. The van der Waals surface area contributed by atoms with Crippen molar-refractivity contribution in [2.75, 3.05) is 6.61 Å². The summed E-state index contributed by atoms with van der Waals surface area (Å²) in [6, 6.07) is 9.93. The topological polar surface area (TPSA) is 63.6 Å². The predicted molar refractivity (Wildman–Crippen MR) is 88.5 cm³/mol. The van der Waals surface area contributed by atoms with Gasteiger partial charge in [-0.25, -0.2) is 4.79 Å². The lowest BCUT2D eigenvalue weighted by molar-refractivity contribution is 0.0696. The van der Waals surface area contributed by atoms with Gasteiger partial charge in [-0.1, -0.05) is 24.3 Å². The molecule has 0 saturated carbocycles. The fourth-order valence-corrected chi connectivity index (χ4v) is 2.60. The number of ketones is 1. The van der Waals surface area contributed by atoms with E-state index in [-0.39, 0.29) is 17.8 Å². The van der Waals surface area contributed by atoms with Crippen LogP contribution in [0.15, 0.2) is 36.4 Å². The van der Waals surface area contributed by atoms with Crippen LogP contribution in [-0.4, -0.2) is 23.5 Å². The molecule has 0 radical (unpaired) electrons. The van der Waals surface area contributed by atoms with Crippen LogP contribution >= 0.6 is 0 Å². The summed E-state index contributed by atoms with van der Waals surface area (Å²) >= 11 is 0. The van der Waals surface area contributed by atoms with E-state index >= 15 is 0 Å². The average Bonchev–Trinajstić information content (AvgIpc) is 2.51. The molecule has 2 aromatic carbocycles. The smallest absolute Gasteiger partial charge is 0.335 e. The Bertz CT molecular complexity index is 707. The molecule has 2 rings (SSSR count). The summed E-state index contributed by atoms with van der Waals surface area (Å²) in [5, 5.41) is 8.88. The Morgan fingerprint density at radius 1 is 1.00 bits per heavy atom. The number of ether oxygens (including phenoxy) is 1.